The molecule has 1 aliphatic carbocycles. The number of hydrogen-bond acceptors (Lipinski definition) is 6. The third-order valence-electron chi connectivity index (χ3n) is 5.67. The lowest BCUT2D eigenvalue weighted by atomic mass is 9.80. The maximum absolute atomic E-state index is 12.8. The van der Waals surface area contributed by atoms with E-state index in [2.05, 4.69) is 13.8 Å². The highest BCUT2D eigenvalue weighted by Crippen LogP contribution is 2.39. The Labute approximate surface area is 171 Å². The van der Waals surface area contributed by atoms with Crippen LogP contribution < -0.4 is 0 Å². The number of hydrogen-bond donors (Lipinski definition) is 0. The number of nitro groups is 1. The molecule has 0 aromatic heterocycles. The lowest BCUT2D eigenvalue weighted by Gasteiger charge is -2.39. The zero-order valence-corrected chi connectivity index (χ0v) is 17.3. The number of nitro benzene ring substituents is 1. The molecule has 1 saturated heterocycles. The molecular weight excluding hydrogens is 374 g/mol. The fourth-order valence-electron chi connectivity index (χ4n) is 3.81. The highest BCUT2D eigenvalue weighted by Gasteiger charge is 2.41. The van der Waals surface area contributed by atoms with Gasteiger partial charge in [-0.15, -0.1) is 0 Å². The fraction of sp³-hybridized carbons (Fsp3) is 0.591. The van der Waals surface area contributed by atoms with Crippen LogP contribution in [0, 0.1) is 15.5 Å². The third-order valence-corrected chi connectivity index (χ3v) is 5.67. The van der Waals surface area contributed by atoms with Gasteiger partial charge in [0.05, 0.1) is 10.5 Å². The Morgan fingerprint density at radius 3 is 2.59 bits per heavy atom. The molecule has 0 radical (unpaired) electrons. The smallest absolute Gasteiger partial charge is 0.338 e. The SMILES string of the molecule is CC1=CC(OC(=O)c2ccc([N+](=O)[O-])cc2)C(OC2CCCCO2)C(C)(C)CC1. The van der Waals surface area contributed by atoms with Crippen LogP contribution in [-0.4, -0.2) is 36.0 Å². The summed E-state index contributed by atoms with van der Waals surface area (Å²) in [5, 5.41) is 10.8. The number of non-ortho nitro benzene ring substituents is 1. The second kappa shape index (κ2) is 9.05. The topological polar surface area (TPSA) is 87.9 Å². The molecule has 0 saturated carbocycles. The lowest BCUT2D eigenvalue weighted by Crippen LogP contribution is -2.45. The number of allylic oxidation sites excluding steroid dienone is 1. The van der Waals surface area contributed by atoms with Crippen LogP contribution in [0.3, 0.4) is 0 Å². The predicted octanol–water partition coefficient (Wildman–Crippen LogP) is 4.80. The molecule has 1 fully saturated rings. The molecule has 7 heteroatoms. The van der Waals surface area contributed by atoms with Crippen LogP contribution in [0.2, 0.25) is 0 Å². The molecule has 0 spiro atoms. The molecule has 7 nitrogen and oxygen atoms in total. The van der Waals surface area contributed by atoms with Crippen molar-refractivity contribution in [2.75, 3.05) is 6.61 Å². The molecule has 1 aliphatic heterocycles. The Kier molecular flexibility index (Phi) is 6.70. The maximum atomic E-state index is 12.8. The standard InChI is InChI=1S/C22H29NO6/c1-15-11-12-22(2,3)20(29-19-6-4-5-13-27-19)18(14-15)28-21(24)16-7-9-17(10-8-16)23(25)26/h7-10,14,18-20H,4-6,11-13H2,1-3H3. The summed E-state index contributed by atoms with van der Waals surface area (Å²) in [7, 11) is 0. The Morgan fingerprint density at radius 1 is 1.24 bits per heavy atom. The van der Waals surface area contributed by atoms with Gasteiger partial charge in [-0.05, 0) is 62.7 Å². The Hall–Kier alpha value is -2.25. The quantitative estimate of drug-likeness (QED) is 0.304. The predicted molar refractivity (Wildman–Crippen MR) is 108 cm³/mol. The monoisotopic (exact) mass is 403 g/mol. The molecule has 3 rings (SSSR count). The molecule has 0 bridgehead atoms. The van der Waals surface area contributed by atoms with E-state index in [1.807, 2.05) is 13.0 Å². The Morgan fingerprint density at radius 2 is 1.97 bits per heavy atom. The van der Waals surface area contributed by atoms with E-state index in [-0.39, 0.29) is 29.1 Å². The van der Waals surface area contributed by atoms with Gasteiger partial charge in [0.2, 0.25) is 0 Å². The van der Waals surface area contributed by atoms with Gasteiger partial charge in [0.15, 0.2) is 6.29 Å². The van der Waals surface area contributed by atoms with Gasteiger partial charge in [-0.25, -0.2) is 4.79 Å². The van der Waals surface area contributed by atoms with E-state index >= 15 is 0 Å². The van der Waals surface area contributed by atoms with Gasteiger partial charge in [0.1, 0.15) is 12.2 Å². The molecule has 3 unspecified atom stereocenters. The third kappa shape index (κ3) is 5.42. The van der Waals surface area contributed by atoms with Crippen molar-refractivity contribution in [1.82, 2.24) is 0 Å². The average Bonchev–Trinajstić information content (AvgIpc) is 2.80. The minimum atomic E-state index is -0.555. The summed E-state index contributed by atoms with van der Waals surface area (Å²) in [6.45, 7) is 6.96. The first-order valence-corrected chi connectivity index (χ1v) is 10.2. The van der Waals surface area contributed by atoms with E-state index < -0.39 is 17.0 Å². The van der Waals surface area contributed by atoms with E-state index in [1.165, 1.54) is 24.3 Å². The molecule has 0 amide bonds. The normalized spacial score (nSPS) is 26.9. The summed E-state index contributed by atoms with van der Waals surface area (Å²) >= 11 is 0. The number of nitrogens with zero attached hydrogens (tertiary/aromatic N) is 1. The number of rotatable bonds is 5. The van der Waals surface area contributed by atoms with Crippen LogP contribution in [0.5, 0.6) is 0 Å². The molecular formula is C22H29NO6. The summed E-state index contributed by atoms with van der Waals surface area (Å²) in [5.74, 6) is -0.523. The lowest BCUT2D eigenvalue weighted by molar-refractivity contribution is -0.384. The second-order valence-electron chi connectivity index (χ2n) is 8.53. The van der Waals surface area contributed by atoms with Crippen LogP contribution in [0.4, 0.5) is 5.69 Å². The van der Waals surface area contributed by atoms with Crippen molar-refractivity contribution in [2.45, 2.75) is 71.4 Å². The molecule has 2 aliphatic rings. The molecule has 29 heavy (non-hydrogen) atoms. The first-order valence-electron chi connectivity index (χ1n) is 10.2. The Bertz CT molecular complexity index is 764. The van der Waals surface area contributed by atoms with Crippen molar-refractivity contribution in [3.05, 3.63) is 51.6 Å². The largest absolute Gasteiger partial charge is 0.452 e. The number of ether oxygens (including phenoxy) is 3. The van der Waals surface area contributed by atoms with E-state index in [0.29, 0.717) is 6.61 Å². The summed E-state index contributed by atoms with van der Waals surface area (Å²) < 4.78 is 18.0. The van der Waals surface area contributed by atoms with Crippen LogP contribution in [0.25, 0.3) is 0 Å². The van der Waals surface area contributed by atoms with Crippen LogP contribution in [-0.2, 0) is 14.2 Å². The number of carbonyl (C=O) groups excluding carboxylic acids is 1. The first-order chi connectivity index (χ1) is 13.8. The number of benzene rings is 1. The van der Waals surface area contributed by atoms with E-state index in [1.54, 1.807) is 0 Å². The van der Waals surface area contributed by atoms with Gasteiger partial charge >= 0.3 is 5.97 Å². The number of esters is 1. The van der Waals surface area contributed by atoms with E-state index in [4.69, 9.17) is 14.2 Å². The summed E-state index contributed by atoms with van der Waals surface area (Å²) in [5.41, 5.74) is 1.14. The van der Waals surface area contributed by atoms with Crippen molar-refractivity contribution in [3.8, 4) is 0 Å². The van der Waals surface area contributed by atoms with Crippen LogP contribution in [0.1, 0.15) is 63.2 Å². The van der Waals surface area contributed by atoms with Gasteiger partial charge in [-0.1, -0.05) is 19.4 Å². The number of carbonyl (C=O) groups is 1. The zero-order valence-electron chi connectivity index (χ0n) is 17.3. The average molecular weight is 403 g/mol. The summed E-state index contributed by atoms with van der Waals surface area (Å²) in [6.07, 6.45) is 5.52. The van der Waals surface area contributed by atoms with Gasteiger partial charge < -0.3 is 14.2 Å². The second-order valence-corrected chi connectivity index (χ2v) is 8.53. The van der Waals surface area contributed by atoms with Gasteiger partial charge in [-0.3, -0.25) is 10.1 Å². The molecule has 1 aromatic rings. The van der Waals surface area contributed by atoms with Crippen molar-refractivity contribution in [1.29, 1.82) is 0 Å². The highest BCUT2D eigenvalue weighted by molar-refractivity contribution is 5.89. The minimum Gasteiger partial charge on any atom is -0.452 e. The van der Waals surface area contributed by atoms with Crippen molar-refractivity contribution < 1.29 is 23.9 Å². The van der Waals surface area contributed by atoms with Crippen molar-refractivity contribution >= 4 is 11.7 Å². The summed E-state index contributed by atoms with van der Waals surface area (Å²) in [6, 6.07) is 5.44. The Balaban J connectivity index is 1.80. The molecule has 1 aromatic carbocycles. The summed E-state index contributed by atoms with van der Waals surface area (Å²) in [4.78, 5) is 23.1. The van der Waals surface area contributed by atoms with Crippen molar-refractivity contribution in [2.24, 2.45) is 5.41 Å². The zero-order chi connectivity index (χ0) is 21.0. The molecule has 0 N–H and O–H groups in total. The van der Waals surface area contributed by atoms with Crippen LogP contribution in [0.15, 0.2) is 35.9 Å². The maximum Gasteiger partial charge on any atom is 0.338 e. The molecule has 1 heterocycles. The van der Waals surface area contributed by atoms with Gasteiger partial charge in [0, 0.05) is 18.7 Å². The highest BCUT2D eigenvalue weighted by atomic mass is 16.7. The minimum absolute atomic E-state index is 0.0662. The van der Waals surface area contributed by atoms with Crippen molar-refractivity contribution in [3.63, 3.8) is 0 Å². The van der Waals surface area contributed by atoms with Crippen LogP contribution >= 0.6 is 0 Å². The fourth-order valence-corrected chi connectivity index (χ4v) is 3.81. The van der Waals surface area contributed by atoms with E-state index in [0.717, 1.165) is 37.7 Å². The van der Waals surface area contributed by atoms with Gasteiger partial charge in [0.25, 0.3) is 5.69 Å². The van der Waals surface area contributed by atoms with E-state index in [9.17, 15) is 14.9 Å². The molecule has 3 atom stereocenters. The molecule has 158 valence electrons. The first kappa shape index (κ1) is 21.5. The van der Waals surface area contributed by atoms with Gasteiger partial charge in [-0.2, -0.15) is 0 Å².